The van der Waals surface area contributed by atoms with E-state index in [1.165, 1.54) is 0 Å². The number of benzene rings is 2. The third kappa shape index (κ3) is 1.79. The number of aromatic nitrogens is 1. The van der Waals surface area contributed by atoms with Gasteiger partial charge in [0.2, 0.25) is 0 Å². The molecule has 0 radical (unpaired) electrons. The molecule has 1 heterocycles. The topological polar surface area (TPSA) is 4.93 Å². The molecule has 0 aliphatic rings. The highest BCUT2D eigenvalue weighted by molar-refractivity contribution is 6.38. The largest absolute Gasteiger partial charge is 0.312 e. The normalized spacial score (nSPS) is 11.1. The molecule has 0 fully saturated rings. The van der Waals surface area contributed by atoms with Crippen molar-refractivity contribution in [1.29, 1.82) is 0 Å². The highest BCUT2D eigenvalue weighted by Gasteiger charge is 2.12. The summed E-state index contributed by atoms with van der Waals surface area (Å²) in [6.07, 6.45) is 1.83. The van der Waals surface area contributed by atoms with Crippen molar-refractivity contribution >= 4 is 45.7 Å². The first-order chi connectivity index (χ1) is 8.68. The van der Waals surface area contributed by atoms with E-state index in [0.717, 1.165) is 16.6 Å². The lowest BCUT2D eigenvalue weighted by Crippen LogP contribution is -1.94. The first-order valence-corrected chi connectivity index (χ1v) is 6.52. The third-order valence-electron chi connectivity index (χ3n) is 2.84. The number of hydrogen-bond acceptors (Lipinski definition) is 0. The van der Waals surface area contributed by atoms with E-state index >= 15 is 0 Å². The van der Waals surface area contributed by atoms with Crippen molar-refractivity contribution in [3.05, 3.63) is 63.7 Å². The number of para-hydroxylation sites is 2. The standard InChI is InChI=1S/C14H8Cl3N/c15-10-5-3-6-11(16)14(10)18-8-12(17)9-4-1-2-7-13(9)18/h1-8H. The Bertz CT molecular complexity index is 711. The highest BCUT2D eigenvalue weighted by Crippen LogP contribution is 2.34. The zero-order chi connectivity index (χ0) is 12.7. The highest BCUT2D eigenvalue weighted by atomic mass is 35.5. The van der Waals surface area contributed by atoms with Gasteiger partial charge in [-0.05, 0) is 18.2 Å². The van der Waals surface area contributed by atoms with Crippen molar-refractivity contribution < 1.29 is 0 Å². The molecule has 0 atom stereocenters. The monoisotopic (exact) mass is 295 g/mol. The Morgan fingerprint density at radius 2 is 1.39 bits per heavy atom. The molecule has 1 nitrogen and oxygen atoms in total. The lowest BCUT2D eigenvalue weighted by Gasteiger charge is -2.09. The van der Waals surface area contributed by atoms with Gasteiger partial charge >= 0.3 is 0 Å². The van der Waals surface area contributed by atoms with Crippen LogP contribution in [-0.2, 0) is 0 Å². The smallest absolute Gasteiger partial charge is 0.0831 e. The minimum absolute atomic E-state index is 0.597. The van der Waals surface area contributed by atoms with Gasteiger partial charge in [-0.3, -0.25) is 0 Å². The van der Waals surface area contributed by atoms with Crippen LogP contribution in [0.3, 0.4) is 0 Å². The Morgan fingerprint density at radius 3 is 2.11 bits per heavy atom. The molecule has 3 aromatic rings. The summed E-state index contributed by atoms with van der Waals surface area (Å²) < 4.78 is 1.92. The SMILES string of the molecule is Clc1cccc(Cl)c1-n1cc(Cl)c2ccccc21. The van der Waals surface area contributed by atoms with Crippen LogP contribution >= 0.6 is 34.8 Å². The van der Waals surface area contributed by atoms with E-state index in [9.17, 15) is 0 Å². The van der Waals surface area contributed by atoms with Gasteiger partial charge < -0.3 is 4.57 Å². The van der Waals surface area contributed by atoms with Crippen molar-refractivity contribution in [3.8, 4) is 5.69 Å². The molecule has 3 rings (SSSR count). The zero-order valence-electron chi connectivity index (χ0n) is 9.20. The van der Waals surface area contributed by atoms with Crippen LogP contribution in [0.5, 0.6) is 0 Å². The molecule has 0 aliphatic carbocycles. The average molecular weight is 297 g/mol. The number of fused-ring (bicyclic) bond motifs is 1. The molecule has 4 heteroatoms. The maximum atomic E-state index is 6.23. The molecule has 2 aromatic carbocycles. The zero-order valence-corrected chi connectivity index (χ0v) is 11.5. The minimum Gasteiger partial charge on any atom is -0.312 e. The summed E-state index contributed by atoms with van der Waals surface area (Å²) in [5.74, 6) is 0. The Labute approximate surface area is 119 Å². The van der Waals surface area contributed by atoms with Crippen LogP contribution in [0, 0.1) is 0 Å². The van der Waals surface area contributed by atoms with Crippen molar-refractivity contribution in [3.63, 3.8) is 0 Å². The van der Waals surface area contributed by atoms with Gasteiger partial charge in [-0.2, -0.15) is 0 Å². The maximum absolute atomic E-state index is 6.23. The third-order valence-corrected chi connectivity index (χ3v) is 3.75. The molecule has 18 heavy (non-hydrogen) atoms. The van der Waals surface area contributed by atoms with Crippen LogP contribution in [0.4, 0.5) is 0 Å². The average Bonchev–Trinajstić information content (AvgIpc) is 2.68. The van der Waals surface area contributed by atoms with Crippen LogP contribution in [0.1, 0.15) is 0 Å². The van der Waals surface area contributed by atoms with Crippen LogP contribution in [0.25, 0.3) is 16.6 Å². The molecule has 1 aromatic heterocycles. The van der Waals surface area contributed by atoms with E-state index in [0.29, 0.717) is 15.1 Å². The number of halogens is 3. The van der Waals surface area contributed by atoms with E-state index in [2.05, 4.69) is 0 Å². The molecule has 0 amide bonds. The minimum atomic E-state index is 0.597. The van der Waals surface area contributed by atoms with Crippen LogP contribution in [0.2, 0.25) is 15.1 Å². The van der Waals surface area contributed by atoms with Gasteiger partial charge in [-0.25, -0.2) is 0 Å². The van der Waals surface area contributed by atoms with Crippen molar-refractivity contribution in [1.82, 2.24) is 4.57 Å². The summed E-state index contributed by atoms with van der Waals surface area (Å²) in [5.41, 5.74) is 1.74. The number of nitrogens with zero attached hydrogens (tertiary/aromatic N) is 1. The van der Waals surface area contributed by atoms with Crippen LogP contribution in [0.15, 0.2) is 48.7 Å². The second-order valence-electron chi connectivity index (χ2n) is 3.93. The predicted molar refractivity (Wildman–Crippen MR) is 78.3 cm³/mol. The lowest BCUT2D eigenvalue weighted by atomic mass is 10.2. The van der Waals surface area contributed by atoms with Crippen LogP contribution in [-0.4, -0.2) is 4.57 Å². The molecular formula is C14H8Cl3N. The Hall–Kier alpha value is -1.15. The van der Waals surface area contributed by atoms with Gasteiger partial charge in [0.25, 0.3) is 0 Å². The molecule has 0 N–H and O–H groups in total. The quantitative estimate of drug-likeness (QED) is 0.551. The summed E-state index contributed by atoms with van der Waals surface area (Å²) in [4.78, 5) is 0. The number of hydrogen-bond donors (Lipinski definition) is 0. The molecular weight excluding hydrogens is 289 g/mol. The van der Waals surface area contributed by atoms with E-state index in [1.807, 2.05) is 53.2 Å². The Kier molecular flexibility index (Phi) is 2.98. The van der Waals surface area contributed by atoms with Gasteiger partial charge in [0, 0.05) is 11.6 Å². The molecule has 0 bridgehead atoms. The first-order valence-electron chi connectivity index (χ1n) is 5.38. The van der Waals surface area contributed by atoms with Gasteiger partial charge in [0.1, 0.15) is 0 Å². The fourth-order valence-corrected chi connectivity index (χ4v) is 2.88. The molecule has 0 saturated heterocycles. The fraction of sp³-hybridized carbons (Fsp3) is 0. The van der Waals surface area contributed by atoms with E-state index in [-0.39, 0.29) is 0 Å². The molecule has 0 saturated carbocycles. The van der Waals surface area contributed by atoms with Gasteiger partial charge in [0.15, 0.2) is 0 Å². The summed E-state index contributed by atoms with van der Waals surface area (Å²) in [6.45, 7) is 0. The first kappa shape index (κ1) is 11.9. The molecule has 90 valence electrons. The summed E-state index contributed by atoms with van der Waals surface area (Å²) in [6, 6.07) is 13.3. The van der Waals surface area contributed by atoms with Crippen molar-refractivity contribution in [2.24, 2.45) is 0 Å². The summed E-state index contributed by atoms with van der Waals surface area (Å²) >= 11 is 18.7. The van der Waals surface area contributed by atoms with E-state index in [1.54, 1.807) is 0 Å². The second-order valence-corrected chi connectivity index (χ2v) is 5.16. The molecule has 0 unspecified atom stereocenters. The summed E-state index contributed by atoms with van der Waals surface area (Å²) in [7, 11) is 0. The molecule has 0 spiro atoms. The van der Waals surface area contributed by atoms with Crippen molar-refractivity contribution in [2.45, 2.75) is 0 Å². The van der Waals surface area contributed by atoms with E-state index in [4.69, 9.17) is 34.8 Å². The Balaban J connectivity index is 2.39. The second kappa shape index (κ2) is 4.51. The Morgan fingerprint density at radius 1 is 0.722 bits per heavy atom. The fourth-order valence-electron chi connectivity index (χ4n) is 2.04. The van der Waals surface area contributed by atoms with E-state index < -0.39 is 0 Å². The van der Waals surface area contributed by atoms with Crippen LogP contribution < -0.4 is 0 Å². The van der Waals surface area contributed by atoms with Gasteiger partial charge in [-0.15, -0.1) is 0 Å². The molecule has 0 aliphatic heterocycles. The predicted octanol–water partition coefficient (Wildman–Crippen LogP) is 5.59. The van der Waals surface area contributed by atoms with Gasteiger partial charge in [0.05, 0.1) is 26.3 Å². The lowest BCUT2D eigenvalue weighted by molar-refractivity contribution is 1.13. The summed E-state index contributed by atoms with van der Waals surface area (Å²) in [5, 5.41) is 2.86. The maximum Gasteiger partial charge on any atom is 0.0831 e. The van der Waals surface area contributed by atoms with Crippen molar-refractivity contribution in [2.75, 3.05) is 0 Å². The van der Waals surface area contributed by atoms with Gasteiger partial charge in [-0.1, -0.05) is 59.1 Å². The number of rotatable bonds is 1.